The van der Waals surface area contributed by atoms with Crippen LogP contribution in [0.25, 0.3) is 0 Å². The molecule has 1 saturated carbocycles. The first kappa shape index (κ1) is 20.7. The molecule has 0 heterocycles. The second-order valence-electron chi connectivity index (χ2n) is 9.00. The van der Waals surface area contributed by atoms with Gasteiger partial charge in [0.25, 0.3) is 0 Å². The van der Waals surface area contributed by atoms with Crippen molar-refractivity contribution < 1.29 is 9.90 Å². The highest BCUT2D eigenvalue weighted by molar-refractivity contribution is 5.71. The van der Waals surface area contributed by atoms with Gasteiger partial charge >= 0.3 is 5.97 Å². The molecule has 3 nitrogen and oxygen atoms in total. The van der Waals surface area contributed by atoms with Crippen LogP contribution in [0.4, 0.5) is 5.69 Å². The van der Waals surface area contributed by atoms with Crippen LogP contribution in [0.3, 0.4) is 0 Å². The monoisotopic (exact) mass is 381 g/mol. The van der Waals surface area contributed by atoms with Crippen molar-refractivity contribution in [2.24, 2.45) is 29.6 Å². The lowest BCUT2D eigenvalue weighted by Gasteiger charge is -2.37. The van der Waals surface area contributed by atoms with E-state index in [2.05, 4.69) is 75.5 Å². The van der Waals surface area contributed by atoms with Gasteiger partial charge in [-0.15, -0.1) is 0 Å². The van der Waals surface area contributed by atoms with E-state index >= 15 is 0 Å². The number of anilines is 1. The Bertz CT molecular complexity index is 745. The molecular formula is C25H35NO2. The molecule has 4 unspecified atom stereocenters. The van der Waals surface area contributed by atoms with Gasteiger partial charge in [-0.05, 0) is 72.6 Å². The quantitative estimate of drug-likeness (QED) is 0.586. The molecule has 1 fully saturated rings. The smallest absolute Gasteiger partial charge is 0.306 e. The summed E-state index contributed by atoms with van der Waals surface area (Å²) in [7, 11) is 0. The van der Waals surface area contributed by atoms with Gasteiger partial charge in [0.05, 0.1) is 12.0 Å². The molecule has 0 aliphatic heterocycles. The Hall–Kier alpha value is -2.03. The minimum Gasteiger partial charge on any atom is -0.481 e. The molecule has 2 N–H and O–H groups in total. The average Bonchev–Trinajstić information content (AvgIpc) is 2.61. The van der Waals surface area contributed by atoms with Crippen LogP contribution in [0.5, 0.6) is 0 Å². The number of hydrogen-bond donors (Lipinski definition) is 2. The van der Waals surface area contributed by atoms with Gasteiger partial charge < -0.3 is 10.4 Å². The van der Waals surface area contributed by atoms with Crippen LogP contribution >= 0.6 is 0 Å². The van der Waals surface area contributed by atoms with E-state index in [9.17, 15) is 4.79 Å². The zero-order valence-corrected chi connectivity index (χ0v) is 17.7. The fraction of sp³-hybridized carbons (Fsp3) is 0.560. The fourth-order valence-corrected chi connectivity index (χ4v) is 4.46. The Morgan fingerprint density at radius 1 is 1.25 bits per heavy atom. The van der Waals surface area contributed by atoms with Crippen molar-refractivity contribution in [3.8, 4) is 0 Å². The molecule has 4 atom stereocenters. The summed E-state index contributed by atoms with van der Waals surface area (Å²) in [6, 6.07) is 9.08. The molecule has 0 saturated heterocycles. The second kappa shape index (κ2) is 8.98. The average molecular weight is 382 g/mol. The van der Waals surface area contributed by atoms with Crippen LogP contribution in [0.15, 0.2) is 48.1 Å². The highest BCUT2D eigenvalue weighted by Gasteiger charge is 2.37. The van der Waals surface area contributed by atoms with Crippen molar-refractivity contribution in [1.82, 2.24) is 0 Å². The number of carbonyl (C=O) groups is 1. The molecule has 1 aromatic carbocycles. The van der Waals surface area contributed by atoms with Gasteiger partial charge in [-0.2, -0.15) is 0 Å². The zero-order chi connectivity index (χ0) is 20.3. The van der Waals surface area contributed by atoms with E-state index in [0.29, 0.717) is 29.7 Å². The zero-order valence-electron chi connectivity index (χ0n) is 17.7. The van der Waals surface area contributed by atoms with Crippen molar-refractivity contribution in [2.75, 3.05) is 5.32 Å². The summed E-state index contributed by atoms with van der Waals surface area (Å²) in [4.78, 5) is 11.0. The standard InChI is InChI=1S/C25H35NO2/c1-5-24(20-10-9-16(2)17(3)12-20)26-23-8-6-7-19(13-23)11-18(4)21-14-22(15-21)25(27)28/h6-10,12-13,16-18,21-22,24,26H,5,11,14-15H2,1-4H3,(H,27,28). The van der Waals surface area contributed by atoms with Crippen LogP contribution in [0.2, 0.25) is 0 Å². The highest BCUT2D eigenvalue weighted by atomic mass is 16.4. The van der Waals surface area contributed by atoms with Crippen LogP contribution < -0.4 is 5.32 Å². The van der Waals surface area contributed by atoms with Crippen molar-refractivity contribution in [1.29, 1.82) is 0 Å². The highest BCUT2D eigenvalue weighted by Crippen LogP contribution is 2.40. The number of aliphatic carboxylic acids is 1. The molecule has 0 radical (unpaired) electrons. The first-order valence-electron chi connectivity index (χ1n) is 10.9. The summed E-state index contributed by atoms with van der Waals surface area (Å²) in [6.45, 7) is 9.06. The predicted octanol–water partition coefficient (Wildman–Crippen LogP) is 5.93. The number of allylic oxidation sites excluding steroid dienone is 2. The molecule has 0 aromatic heterocycles. The Balaban J connectivity index is 1.60. The largest absolute Gasteiger partial charge is 0.481 e. The Morgan fingerprint density at radius 3 is 2.64 bits per heavy atom. The summed E-state index contributed by atoms with van der Waals surface area (Å²) in [5.74, 6) is 1.52. The fourth-order valence-electron chi connectivity index (χ4n) is 4.46. The predicted molar refractivity (Wildman–Crippen MR) is 116 cm³/mol. The molecule has 2 aliphatic carbocycles. The van der Waals surface area contributed by atoms with Gasteiger partial charge in [0.1, 0.15) is 0 Å². The summed E-state index contributed by atoms with van der Waals surface area (Å²) in [5, 5.41) is 12.8. The summed E-state index contributed by atoms with van der Waals surface area (Å²) < 4.78 is 0. The molecule has 0 spiro atoms. The first-order valence-corrected chi connectivity index (χ1v) is 10.9. The van der Waals surface area contributed by atoms with Crippen molar-refractivity contribution in [3.63, 3.8) is 0 Å². The number of nitrogens with one attached hydrogen (secondary N) is 1. The van der Waals surface area contributed by atoms with Gasteiger partial charge in [0, 0.05) is 5.69 Å². The van der Waals surface area contributed by atoms with Crippen LogP contribution in [0.1, 0.15) is 52.5 Å². The van der Waals surface area contributed by atoms with E-state index in [1.54, 1.807) is 0 Å². The number of benzene rings is 1. The first-order chi connectivity index (χ1) is 13.4. The molecule has 2 aliphatic rings. The summed E-state index contributed by atoms with van der Waals surface area (Å²) >= 11 is 0. The number of rotatable bonds is 8. The van der Waals surface area contributed by atoms with E-state index in [1.165, 1.54) is 16.8 Å². The number of hydrogen-bond acceptors (Lipinski definition) is 2. The van der Waals surface area contributed by atoms with Gasteiger partial charge in [0.15, 0.2) is 0 Å². The Kier molecular flexibility index (Phi) is 6.64. The molecule has 0 amide bonds. The van der Waals surface area contributed by atoms with Crippen molar-refractivity contribution in [3.05, 3.63) is 53.6 Å². The molecule has 3 rings (SSSR count). The third kappa shape index (κ3) is 4.87. The molecule has 1 aromatic rings. The topological polar surface area (TPSA) is 49.3 Å². The van der Waals surface area contributed by atoms with Crippen molar-refractivity contribution in [2.45, 2.75) is 59.4 Å². The van der Waals surface area contributed by atoms with Gasteiger partial charge in [-0.3, -0.25) is 4.79 Å². The van der Waals surface area contributed by atoms with Gasteiger partial charge in [-0.25, -0.2) is 0 Å². The van der Waals surface area contributed by atoms with Crippen LogP contribution in [-0.2, 0) is 11.2 Å². The lowest BCUT2D eigenvalue weighted by Crippen LogP contribution is -2.34. The van der Waals surface area contributed by atoms with E-state index in [-0.39, 0.29) is 5.92 Å². The van der Waals surface area contributed by atoms with E-state index in [1.807, 2.05) is 0 Å². The van der Waals surface area contributed by atoms with Crippen LogP contribution in [0, 0.1) is 29.6 Å². The normalized spacial score (nSPS) is 28.8. The van der Waals surface area contributed by atoms with Crippen molar-refractivity contribution >= 4 is 11.7 Å². The molecule has 0 bridgehead atoms. The lowest BCUT2D eigenvalue weighted by molar-refractivity contribution is -0.147. The maximum absolute atomic E-state index is 11.0. The SMILES string of the molecule is CCC(Nc1cccc(CC(C)C2CC(C(=O)O)C2)c1)C1=CC(C)C(C)C=C1. The maximum Gasteiger partial charge on any atom is 0.306 e. The third-order valence-electron chi connectivity index (χ3n) is 6.84. The number of carboxylic acid groups (broad SMARTS) is 1. The van der Waals surface area contributed by atoms with E-state index in [4.69, 9.17) is 5.11 Å². The summed E-state index contributed by atoms with van der Waals surface area (Å²) in [6.07, 6.45) is 10.8. The van der Waals surface area contributed by atoms with Gasteiger partial charge in [-0.1, -0.05) is 58.1 Å². The number of carboxylic acids is 1. The molecule has 3 heteroatoms. The lowest BCUT2D eigenvalue weighted by atomic mass is 9.68. The second-order valence-corrected chi connectivity index (χ2v) is 9.00. The summed E-state index contributed by atoms with van der Waals surface area (Å²) in [5.41, 5.74) is 3.90. The molecule has 152 valence electrons. The maximum atomic E-state index is 11.0. The Morgan fingerprint density at radius 2 is 2.00 bits per heavy atom. The van der Waals surface area contributed by atoms with Crippen LogP contribution in [-0.4, -0.2) is 17.1 Å². The molecule has 28 heavy (non-hydrogen) atoms. The van der Waals surface area contributed by atoms with Gasteiger partial charge in [0.2, 0.25) is 0 Å². The minimum absolute atomic E-state index is 0.118. The Labute approximate surface area is 169 Å². The van der Waals surface area contributed by atoms with E-state index in [0.717, 1.165) is 25.7 Å². The third-order valence-corrected chi connectivity index (χ3v) is 6.84. The minimum atomic E-state index is -0.630. The van der Waals surface area contributed by atoms with E-state index < -0.39 is 5.97 Å². The molecular weight excluding hydrogens is 346 g/mol.